The molecule has 0 saturated carbocycles. The number of nitrogens with one attached hydrogen (secondary N) is 3. The van der Waals surface area contributed by atoms with E-state index in [-0.39, 0.29) is 136 Å². The summed E-state index contributed by atoms with van der Waals surface area (Å²) in [5, 5.41) is 29.4. The van der Waals surface area contributed by atoms with Crippen LogP contribution in [0.2, 0.25) is 0 Å². The maximum atomic E-state index is 12.8. The minimum absolute atomic E-state index is 0. The average Bonchev–Trinajstić information content (AvgIpc) is 0.793. The van der Waals surface area contributed by atoms with Gasteiger partial charge in [-0.05, 0) is 238 Å². The van der Waals surface area contributed by atoms with Crippen LogP contribution in [0.1, 0.15) is 167 Å². The summed E-state index contributed by atoms with van der Waals surface area (Å²) in [6, 6.07) is 35.1. The fraction of sp³-hybridized carbons (Fsp3) is 0.200. The maximum absolute atomic E-state index is 12.8. The van der Waals surface area contributed by atoms with Gasteiger partial charge in [0.05, 0.1) is 33.2 Å². The molecule has 9 aromatic heterocycles. The van der Waals surface area contributed by atoms with Crippen LogP contribution >= 0.6 is 0 Å². The average molecular weight is 1500 g/mol. The number of benzene rings is 3. The van der Waals surface area contributed by atoms with Gasteiger partial charge in [0.2, 0.25) is 0 Å². The van der Waals surface area contributed by atoms with E-state index in [1.807, 2.05) is 105 Å². The molecule has 0 aliphatic heterocycles. The van der Waals surface area contributed by atoms with Crippen molar-refractivity contribution in [3.63, 3.8) is 0 Å². The molecule has 0 radical (unpaired) electrons. The van der Waals surface area contributed by atoms with E-state index in [0.29, 0.717) is 118 Å². The predicted molar refractivity (Wildman–Crippen MR) is 405 cm³/mol. The largest absolute Gasteiger partial charge is 1.00 e. The van der Waals surface area contributed by atoms with Gasteiger partial charge in [0.1, 0.15) is 23.5 Å². The molecule has 0 aliphatic carbocycles. The molecule has 0 bridgehead atoms. The molecule has 542 valence electrons. The third-order valence-corrected chi connectivity index (χ3v) is 17.0. The molecule has 26 nitrogen and oxygen atoms in total. The smallest absolute Gasteiger partial charge is 1.00 e. The first kappa shape index (κ1) is 86.7. The Kier molecular flexibility index (Phi) is 32.2. The van der Waals surface area contributed by atoms with E-state index in [9.17, 15) is 29.2 Å². The molecular weight excluding hydrogens is 1420 g/mol. The van der Waals surface area contributed by atoms with Crippen molar-refractivity contribution < 1.29 is 143 Å². The van der Waals surface area contributed by atoms with Crippen molar-refractivity contribution in [1.29, 1.82) is 5.26 Å². The van der Waals surface area contributed by atoms with Gasteiger partial charge < -0.3 is 56.2 Å². The summed E-state index contributed by atoms with van der Waals surface area (Å²) in [7, 11) is 0. The summed E-state index contributed by atoms with van der Waals surface area (Å²) in [5.41, 5.74) is 49.1. The Morgan fingerprint density at radius 3 is 1.05 bits per heavy atom. The number of hydrogen-bond acceptors (Lipinski definition) is 21. The molecule has 9 heterocycles. The van der Waals surface area contributed by atoms with Crippen molar-refractivity contribution in [3.05, 3.63) is 281 Å². The molecule has 108 heavy (non-hydrogen) atoms. The van der Waals surface area contributed by atoms with Crippen molar-refractivity contribution >= 4 is 86.2 Å². The number of anilines is 3. The summed E-state index contributed by atoms with van der Waals surface area (Å²) in [6.07, 6.45) is 11.4. The molecule has 5 amide bonds. The predicted octanol–water partition coefficient (Wildman–Crippen LogP) is 3.42. The molecule has 28 heteroatoms. The third kappa shape index (κ3) is 23.1. The van der Waals surface area contributed by atoms with Gasteiger partial charge in [-0.15, -0.1) is 0 Å². The molecule has 0 fully saturated rings. The third-order valence-electron chi connectivity index (χ3n) is 17.0. The van der Waals surface area contributed by atoms with Gasteiger partial charge in [0.25, 0.3) is 36.0 Å². The van der Waals surface area contributed by atoms with Gasteiger partial charge in [0.15, 0.2) is 0 Å². The van der Waals surface area contributed by atoms with E-state index >= 15 is 0 Å². The normalized spacial score (nSPS) is 10.3. The summed E-state index contributed by atoms with van der Waals surface area (Å²) in [6.45, 7) is 18.2. The number of rotatable bonds is 18. The van der Waals surface area contributed by atoms with Crippen LogP contribution in [0.5, 0.6) is 0 Å². The molecule has 13 N–H and O–H groups in total. The fourth-order valence-electron chi connectivity index (χ4n) is 12.1. The van der Waals surface area contributed by atoms with E-state index in [4.69, 9.17) is 38.7 Å². The Balaban J connectivity index is 0.000000280. The number of carbonyl (C=O) groups is 6. The minimum atomic E-state index is -0.535. The number of aromatic nitrogens is 9. The van der Waals surface area contributed by atoms with Crippen LogP contribution in [-0.2, 0) is 48.6 Å². The summed E-state index contributed by atoms with van der Waals surface area (Å²) in [5.74, 6) is -0.292. The van der Waals surface area contributed by atoms with Gasteiger partial charge in [-0.1, -0.05) is 7.43 Å². The van der Waals surface area contributed by atoms with Gasteiger partial charge >= 0.3 is 103 Å². The second-order valence-electron chi connectivity index (χ2n) is 25.2. The molecule has 0 saturated heterocycles. The van der Waals surface area contributed by atoms with Crippen LogP contribution in [0.3, 0.4) is 0 Å². The van der Waals surface area contributed by atoms with Crippen LogP contribution in [0.15, 0.2) is 146 Å². The van der Waals surface area contributed by atoms with Gasteiger partial charge in [0, 0.05) is 143 Å². The van der Waals surface area contributed by atoms with Crippen molar-refractivity contribution in [2.24, 2.45) is 11.5 Å². The van der Waals surface area contributed by atoms with E-state index < -0.39 is 11.8 Å². The number of pyridine rings is 9. The number of hydrogen-bond donors (Lipinski definition) is 8. The monoisotopic (exact) mass is 1500 g/mol. The summed E-state index contributed by atoms with van der Waals surface area (Å²) in [4.78, 5) is 113. The van der Waals surface area contributed by atoms with E-state index in [0.717, 1.165) is 106 Å². The number of nitriles is 1. The molecule has 3 aromatic carbocycles. The maximum Gasteiger partial charge on any atom is 1.00 e. The van der Waals surface area contributed by atoms with Crippen LogP contribution in [0, 0.1) is 73.6 Å². The Bertz CT molecular complexity index is 5140. The number of aryl methyl sites for hydroxylation is 9. The zero-order chi connectivity index (χ0) is 75.8. The van der Waals surface area contributed by atoms with Crippen molar-refractivity contribution in [3.8, 4) is 6.07 Å². The fourth-order valence-corrected chi connectivity index (χ4v) is 12.1. The molecule has 0 aliphatic rings. The zero-order valence-electron chi connectivity index (χ0n) is 62.3. The summed E-state index contributed by atoms with van der Waals surface area (Å²) >= 11 is 0. The molecular formula is C80H82K2N18O8. The Hall–Kier alpha value is -10.3. The second-order valence-corrected chi connectivity index (χ2v) is 25.2. The first-order valence-corrected chi connectivity index (χ1v) is 32.9. The van der Waals surface area contributed by atoms with Crippen LogP contribution < -0.4 is 153 Å². The molecule has 0 atom stereocenters. The van der Waals surface area contributed by atoms with Gasteiger partial charge in [-0.2, -0.15) is 5.26 Å². The number of carbonyl (C=O) groups excluding carboxylic acids is 6. The number of nitrogens with two attached hydrogens (primary N) is 5. The molecule has 0 spiro atoms. The zero-order valence-corrected chi connectivity index (χ0v) is 67.5. The van der Waals surface area contributed by atoms with Crippen molar-refractivity contribution in [2.75, 3.05) is 17.2 Å². The number of nitrogens with zero attached hydrogens (tertiary/aromatic N) is 10. The number of nitrogen functional groups attached to an aromatic ring is 3. The number of primary amides is 2. The topological polar surface area (TPSA) is 441 Å². The van der Waals surface area contributed by atoms with Crippen LogP contribution in [0.4, 0.5) is 17.5 Å². The standard InChI is InChI=1S/2C26H26N6O2.C26H24N6O.CH2O3.CH4.2K.H/c2*1-14-6-19-8-17(10-21(25(28)33)24(19)30-12-14)9-20-11-18(4-5-29-20)26(34)31-13-22-15(2)7-23(27)32-16(22)3;1-15-6-20-8-18(9-21(12-27)25(20)30-13-15)10-22-11-19(4-5-29-22)26(33)31-14-23-16(2)7-24(28)32-17(23)3;2-1-4-3;;;;/h2*4-8,10-12H,9,13H2,1-3H3,(H2,27,32)(H2,28,33)(H,31,34);4-9,11,13H,10,14H2,1-3H3,(H2,28,32)(H,31,33);1,3H;1H4;;;/q;;;;;2*+1;-1/p-1. The van der Waals surface area contributed by atoms with E-state index in [2.05, 4.69) is 71.8 Å². The Morgan fingerprint density at radius 2 is 0.759 bits per heavy atom. The Morgan fingerprint density at radius 1 is 0.463 bits per heavy atom. The second kappa shape index (κ2) is 40.1. The molecule has 12 rings (SSSR count). The quantitative estimate of drug-likeness (QED) is 0.0264. The molecule has 0 unspecified atom stereocenters. The van der Waals surface area contributed by atoms with Gasteiger partial charge in [-0.3, -0.25) is 58.7 Å². The van der Waals surface area contributed by atoms with Crippen LogP contribution in [0.25, 0.3) is 32.7 Å². The van der Waals surface area contributed by atoms with Gasteiger partial charge in [-0.25, -0.2) is 15.0 Å². The van der Waals surface area contributed by atoms with Crippen molar-refractivity contribution in [1.82, 2.24) is 60.8 Å². The molecule has 12 aromatic rings. The first-order chi connectivity index (χ1) is 50.2. The van der Waals surface area contributed by atoms with Crippen LogP contribution in [-0.4, -0.2) is 80.9 Å². The first-order valence-electron chi connectivity index (χ1n) is 32.9. The Labute approximate surface area is 711 Å². The van der Waals surface area contributed by atoms with E-state index in [1.165, 1.54) is 0 Å². The number of amides is 5. The minimum Gasteiger partial charge on any atom is -1.00 e. The van der Waals surface area contributed by atoms with E-state index in [1.54, 1.807) is 104 Å². The number of fused-ring (bicyclic) bond motifs is 3. The van der Waals surface area contributed by atoms with Crippen molar-refractivity contribution in [2.45, 2.75) is 109 Å². The SMILES string of the molecule is C.Cc1cnc2c(C#N)cc(Cc3cc(C(=O)NCc4c(C)cc(N)nc4C)ccn3)cc2c1.Cc1cnc2c(C(N)=O)cc(Cc3cc(C(=O)NCc4c(C)cc(N)nc4C)ccn3)cc2c1.Cc1cnc2c(C(N)=O)cc(Cc3cc(C(=O)NCc4c(C)cc(N)nc4C)ccn3)cc2c1.O=CO[O-].[H-].[K+].[K+]. The summed E-state index contributed by atoms with van der Waals surface area (Å²) < 4.78 is 0.